The van der Waals surface area contributed by atoms with Crippen LogP contribution in [-0.2, 0) is 0 Å². The first-order valence-electron chi connectivity index (χ1n) is 18.5. The molecule has 0 unspecified atom stereocenters. The fourth-order valence-electron chi connectivity index (χ4n) is 9.08. The van der Waals surface area contributed by atoms with E-state index >= 15 is 0 Å². The second-order valence-corrected chi connectivity index (χ2v) is 14.1. The summed E-state index contributed by atoms with van der Waals surface area (Å²) in [7, 11) is 0. The standard InChI is InChI=1S/C50H31N3O/c1-2-16-32(17-3-1)51-42-27-11-6-20-37(42)47-38-21-7-12-28-43(38)53(44-29-13-8-22-39(44)48(47)51)46-31-15-24-36-35-23-14-30-45(49(35)54-50(36)46)52-40-25-9-4-18-33(40)34-19-5-10-26-41(34)52/h1-31H. The van der Waals surface area contributed by atoms with Crippen LogP contribution in [0.4, 0.5) is 17.1 Å². The van der Waals surface area contributed by atoms with Gasteiger partial charge in [-0.3, -0.25) is 0 Å². The molecule has 8 aromatic carbocycles. The topological polar surface area (TPSA) is 26.2 Å². The molecule has 12 rings (SSSR count). The predicted octanol–water partition coefficient (Wildman–Crippen LogP) is 13.7. The molecule has 11 aromatic rings. The summed E-state index contributed by atoms with van der Waals surface area (Å²) >= 11 is 0. The van der Waals surface area contributed by atoms with Crippen LogP contribution in [0.3, 0.4) is 0 Å². The zero-order valence-corrected chi connectivity index (χ0v) is 29.1. The fourth-order valence-corrected chi connectivity index (χ4v) is 9.08. The van der Waals surface area contributed by atoms with Crippen LogP contribution in [0.15, 0.2) is 192 Å². The first-order chi connectivity index (χ1) is 26.8. The van der Waals surface area contributed by atoms with Crippen molar-refractivity contribution >= 4 is 71.7 Å². The molecule has 0 bridgehead atoms. The predicted molar refractivity (Wildman–Crippen MR) is 224 cm³/mol. The highest BCUT2D eigenvalue weighted by atomic mass is 16.3. The van der Waals surface area contributed by atoms with Gasteiger partial charge in [-0.1, -0.05) is 133 Å². The van der Waals surface area contributed by atoms with Crippen LogP contribution in [0.2, 0.25) is 0 Å². The van der Waals surface area contributed by atoms with E-state index < -0.39 is 0 Å². The van der Waals surface area contributed by atoms with Crippen molar-refractivity contribution in [1.82, 2.24) is 9.13 Å². The van der Waals surface area contributed by atoms with E-state index in [-0.39, 0.29) is 0 Å². The molecule has 4 heteroatoms. The van der Waals surface area contributed by atoms with E-state index in [1.807, 2.05) is 0 Å². The van der Waals surface area contributed by atoms with Crippen LogP contribution < -0.4 is 4.90 Å². The Kier molecular flexibility index (Phi) is 6.02. The maximum atomic E-state index is 7.21. The fraction of sp³-hybridized carbons (Fsp3) is 0. The Morgan fingerprint density at radius 2 is 0.778 bits per heavy atom. The van der Waals surface area contributed by atoms with Crippen molar-refractivity contribution in [3.05, 3.63) is 188 Å². The number of rotatable bonds is 3. The molecule has 0 spiro atoms. The van der Waals surface area contributed by atoms with Crippen molar-refractivity contribution in [3.63, 3.8) is 0 Å². The molecular formula is C50H31N3O. The summed E-state index contributed by atoms with van der Waals surface area (Å²) in [4.78, 5) is 2.42. The van der Waals surface area contributed by atoms with Gasteiger partial charge in [-0.2, -0.15) is 0 Å². The average molecular weight is 690 g/mol. The summed E-state index contributed by atoms with van der Waals surface area (Å²) in [5.74, 6) is 0. The molecule has 0 saturated heterocycles. The second kappa shape index (κ2) is 11.1. The lowest BCUT2D eigenvalue weighted by Gasteiger charge is -2.27. The molecule has 0 saturated carbocycles. The van der Waals surface area contributed by atoms with Crippen molar-refractivity contribution in [3.8, 4) is 33.8 Å². The van der Waals surface area contributed by atoms with Crippen LogP contribution >= 0.6 is 0 Å². The number of hydrogen-bond acceptors (Lipinski definition) is 2. The van der Waals surface area contributed by atoms with Crippen LogP contribution in [0.25, 0.3) is 88.4 Å². The van der Waals surface area contributed by atoms with Gasteiger partial charge in [0.15, 0.2) is 11.2 Å². The lowest BCUT2D eigenvalue weighted by atomic mass is 9.98. The van der Waals surface area contributed by atoms with Crippen molar-refractivity contribution < 1.29 is 4.42 Å². The first-order valence-corrected chi connectivity index (χ1v) is 18.5. The number of furan rings is 1. The van der Waals surface area contributed by atoms with Gasteiger partial charge in [0.1, 0.15) is 0 Å². The van der Waals surface area contributed by atoms with Gasteiger partial charge >= 0.3 is 0 Å². The molecule has 4 heterocycles. The van der Waals surface area contributed by atoms with Gasteiger partial charge in [0.25, 0.3) is 0 Å². The number of fused-ring (bicyclic) bond motifs is 13. The van der Waals surface area contributed by atoms with Crippen molar-refractivity contribution in [1.29, 1.82) is 0 Å². The molecule has 0 aliphatic carbocycles. The number of para-hydroxylation sites is 8. The summed E-state index contributed by atoms with van der Waals surface area (Å²) in [6.45, 7) is 0. The zero-order chi connectivity index (χ0) is 35.3. The van der Waals surface area contributed by atoms with Crippen molar-refractivity contribution in [2.45, 2.75) is 0 Å². The third kappa shape index (κ3) is 3.91. The maximum Gasteiger partial charge on any atom is 0.159 e. The Bertz CT molecular complexity index is 3240. The molecule has 1 aliphatic heterocycles. The highest BCUT2D eigenvalue weighted by Gasteiger charge is 2.32. The largest absolute Gasteiger partial charge is 0.452 e. The van der Waals surface area contributed by atoms with E-state index in [1.54, 1.807) is 0 Å². The lowest BCUT2D eigenvalue weighted by molar-refractivity contribution is 0.666. The Morgan fingerprint density at radius 3 is 1.46 bits per heavy atom. The van der Waals surface area contributed by atoms with E-state index in [0.717, 1.165) is 67.0 Å². The maximum absolute atomic E-state index is 7.21. The SMILES string of the molecule is c1ccc(-n2c3c(c4ccccc42)-c2ccccc2N(c2cccc4c2oc2c(-n5c6ccccc6c6ccccc65)cccc24)c2ccccc2-3)cc1. The Morgan fingerprint density at radius 1 is 0.315 bits per heavy atom. The van der Waals surface area contributed by atoms with Crippen LogP contribution in [0, 0.1) is 0 Å². The van der Waals surface area contributed by atoms with Gasteiger partial charge in [0, 0.05) is 49.3 Å². The molecular weight excluding hydrogens is 659 g/mol. The molecule has 0 amide bonds. The van der Waals surface area contributed by atoms with Gasteiger partial charge in [-0.15, -0.1) is 0 Å². The monoisotopic (exact) mass is 689 g/mol. The molecule has 54 heavy (non-hydrogen) atoms. The number of hydrogen-bond donors (Lipinski definition) is 0. The quantitative estimate of drug-likeness (QED) is 0.185. The van der Waals surface area contributed by atoms with Gasteiger partial charge in [0.2, 0.25) is 0 Å². The van der Waals surface area contributed by atoms with E-state index in [2.05, 4.69) is 202 Å². The highest BCUT2D eigenvalue weighted by Crippen LogP contribution is 2.55. The highest BCUT2D eigenvalue weighted by molar-refractivity contribution is 6.17. The second-order valence-electron chi connectivity index (χ2n) is 14.1. The van der Waals surface area contributed by atoms with Crippen molar-refractivity contribution in [2.75, 3.05) is 4.90 Å². The molecule has 0 atom stereocenters. The molecule has 0 fully saturated rings. The van der Waals surface area contributed by atoms with E-state index in [0.29, 0.717) is 0 Å². The van der Waals surface area contributed by atoms with E-state index in [4.69, 9.17) is 4.42 Å². The van der Waals surface area contributed by atoms with Gasteiger partial charge in [-0.05, 0) is 54.6 Å². The summed E-state index contributed by atoms with van der Waals surface area (Å²) < 4.78 is 12.0. The van der Waals surface area contributed by atoms with Crippen LogP contribution in [0.1, 0.15) is 0 Å². The Balaban J connectivity index is 1.17. The Hall–Kier alpha value is -7.30. The minimum atomic E-state index is 0.854. The van der Waals surface area contributed by atoms with Gasteiger partial charge in [-0.25, -0.2) is 0 Å². The molecule has 0 N–H and O–H groups in total. The van der Waals surface area contributed by atoms with Gasteiger partial charge in [0.05, 0.1) is 45.0 Å². The number of aromatic nitrogens is 2. The third-order valence-corrected chi connectivity index (χ3v) is 11.2. The minimum Gasteiger partial charge on any atom is -0.452 e. The van der Waals surface area contributed by atoms with Crippen LogP contribution in [-0.4, -0.2) is 9.13 Å². The lowest BCUT2D eigenvalue weighted by Crippen LogP contribution is -2.11. The minimum absolute atomic E-state index is 0.854. The average Bonchev–Trinajstić information content (AvgIpc) is 3.88. The molecule has 1 aliphatic rings. The molecule has 3 aromatic heterocycles. The number of anilines is 3. The summed E-state index contributed by atoms with van der Waals surface area (Å²) in [6, 6.07) is 67.6. The molecule has 4 nitrogen and oxygen atoms in total. The first kappa shape index (κ1) is 29.3. The van der Waals surface area contributed by atoms with E-state index in [9.17, 15) is 0 Å². The summed E-state index contributed by atoms with van der Waals surface area (Å²) in [5, 5.41) is 5.85. The Labute approximate surface area is 311 Å². The van der Waals surface area contributed by atoms with Crippen molar-refractivity contribution in [2.24, 2.45) is 0 Å². The normalized spacial score (nSPS) is 12.4. The third-order valence-electron chi connectivity index (χ3n) is 11.2. The number of nitrogens with zero attached hydrogens (tertiary/aromatic N) is 3. The van der Waals surface area contributed by atoms with Gasteiger partial charge < -0.3 is 18.5 Å². The number of benzene rings is 8. The van der Waals surface area contributed by atoms with Crippen LogP contribution in [0.5, 0.6) is 0 Å². The smallest absolute Gasteiger partial charge is 0.159 e. The van der Waals surface area contributed by atoms with E-state index in [1.165, 1.54) is 38.5 Å². The molecule has 252 valence electrons. The summed E-state index contributed by atoms with van der Waals surface area (Å²) in [5.41, 5.74) is 15.3. The zero-order valence-electron chi connectivity index (χ0n) is 29.1. The summed E-state index contributed by atoms with van der Waals surface area (Å²) in [6.07, 6.45) is 0. The molecule has 0 radical (unpaired) electrons.